The van der Waals surface area contributed by atoms with Crippen molar-refractivity contribution in [3.63, 3.8) is 0 Å². The van der Waals surface area contributed by atoms with E-state index in [0.29, 0.717) is 0 Å². The molecule has 0 radical (unpaired) electrons. The highest BCUT2D eigenvalue weighted by molar-refractivity contribution is 6.50. The lowest BCUT2D eigenvalue weighted by molar-refractivity contribution is -0.698. The highest BCUT2D eigenvalue weighted by atomic mass is 19.5. The van der Waals surface area contributed by atoms with Crippen molar-refractivity contribution in [1.29, 1.82) is 0 Å². The maximum Gasteiger partial charge on any atom is 0.673 e. The van der Waals surface area contributed by atoms with Crippen molar-refractivity contribution in [2.45, 2.75) is 65.8 Å². The molecule has 1 aromatic rings. The number of unbranched alkanes of at least 4 members (excludes halogenated alkanes) is 5. The molecule has 0 aromatic carbocycles. The molecule has 7 heteroatoms. The molecule has 0 saturated carbocycles. The maximum atomic E-state index is 9.75. The van der Waals surface area contributed by atoms with Crippen LogP contribution in [0.3, 0.4) is 0 Å². The molecule has 1 aromatic heterocycles. The highest BCUT2D eigenvalue weighted by Crippen LogP contribution is 2.07. The fourth-order valence-electron chi connectivity index (χ4n) is 2.06. The molecule has 0 fully saturated rings. The van der Waals surface area contributed by atoms with Crippen molar-refractivity contribution in [2.24, 2.45) is 0 Å². The molecule has 0 atom stereocenters. The van der Waals surface area contributed by atoms with Gasteiger partial charge in [0.1, 0.15) is 12.4 Å². The number of allylic oxidation sites excluding steroid dienone is 1. The van der Waals surface area contributed by atoms with Crippen molar-refractivity contribution in [3.05, 3.63) is 24.3 Å². The second kappa shape index (κ2) is 11.3. The van der Waals surface area contributed by atoms with Gasteiger partial charge in [0.25, 0.3) is 5.82 Å². The van der Waals surface area contributed by atoms with Gasteiger partial charge in [0.2, 0.25) is 0 Å². The third kappa shape index (κ3) is 11.4. The Hall–Kier alpha value is -1.27. The summed E-state index contributed by atoms with van der Waals surface area (Å²) in [6.45, 7) is 7.64. The summed E-state index contributed by atoms with van der Waals surface area (Å²) in [7, 11) is -6.00. The van der Waals surface area contributed by atoms with E-state index in [1.54, 1.807) is 0 Å². The third-order valence-corrected chi connectivity index (χ3v) is 3.28. The van der Waals surface area contributed by atoms with E-state index in [1.807, 2.05) is 0 Å². The molecular weight excluding hydrogens is 295 g/mol. The molecule has 0 N–H and O–H groups in total. The fraction of sp³-hybridized carbons (Fsp3) is 0.667. The van der Waals surface area contributed by atoms with Crippen molar-refractivity contribution in [1.82, 2.24) is 4.57 Å². The van der Waals surface area contributed by atoms with Crippen molar-refractivity contribution < 1.29 is 21.8 Å². The molecule has 0 aliphatic rings. The standard InChI is InChI=1S/C15H27N2.BF4/c1-4-6-7-8-9-10-11-12-17-14-13-16(5-2)15(17)3;2-1(3,4)5/h11-14H,4-10H2,1-3H3;/q+1;-1. The normalized spacial score (nSPS) is 11.6. The largest absolute Gasteiger partial charge is 0.673 e. The Bertz CT molecular complexity index is 422. The molecule has 0 unspecified atom stereocenters. The average molecular weight is 322 g/mol. The van der Waals surface area contributed by atoms with E-state index in [9.17, 15) is 17.3 Å². The van der Waals surface area contributed by atoms with Crippen LogP contribution in [0, 0.1) is 6.92 Å². The van der Waals surface area contributed by atoms with Crippen LogP contribution in [0.5, 0.6) is 0 Å². The van der Waals surface area contributed by atoms with Gasteiger partial charge in [-0.05, 0) is 25.8 Å². The van der Waals surface area contributed by atoms with Gasteiger partial charge in [-0.1, -0.05) is 32.6 Å². The van der Waals surface area contributed by atoms with Gasteiger partial charge in [0, 0.05) is 6.92 Å². The van der Waals surface area contributed by atoms with Crippen LogP contribution in [0.4, 0.5) is 17.3 Å². The van der Waals surface area contributed by atoms with Crippen molar-refractivity contribution in [3.8, 4) is 0 Å². The smallest absolute Gasteiger partial charge is 0.418 e. The number of halogens is 4. The molecule has 1 rings (SSSR count). The van der Waals surface area contributed by atoms with Gasteiger partial charge >= 0.3 is 7.25 Å². The van der Waals surface area contributed by atoms with Gasteiger partial charge in [-0.15, -0.1) is 0 Å². The average Bonchev–Trinajstić information content (AvgIpc) is 2.77. The lowest BCUT2D eigenvalue weighted by Crippen LogP contribution is -2.33. The molecule has 0 amide bonds. The second-order valence-corrected chi connectivity index (χ2v) is 5.12. The quantitative estimate of drug-likeness (QED) is 0.268. The topological polar surface area (TPSA) is 8.81 Å². The molecule has 0 aliphatic heterocycles. The minimum Gasteiger partial charge on any atom is -0.418 e. The number of hydrogen-bond donors (Lipinski definition) is 0. The van der Waals surface area contributed by atoms with Crippen LogP contribution in [-0.4, -0.2) is 11.8 Å². The van der Waals surface area contributed by atoms with Crippen molar-refractivity contribution >= 4 is 13.5 Å². The first kappa shape index (κ1) is 20.7. The van der Waals surface area contributed by atoms with Gasteiger partial charge < -0.3 is 17.3 Å². The second-order valence-electron chi connectivity index (χ2n) is 5.12. The van der Waals surface area contributed by atoms with Gasteiger partial charge in [-0.3, -0.25) is 0 Å². The Balaban J connectivity index is 0.000000763. The van der Waals surface area contributed by atoms with Gasteiger partial charge in [-0.25, -0.2) is 9.13 Å². The summed E-state index contributed by atoms with van der Waals surface area (Å²) in [4.78, 5) is 0. The monoisotopic (exact) mass is 322 g/mol. The zero-order chi connectivity index (χ0) is 17.0. The Morgan fingerprint density at radius 1 is 1.09 bits per heavy atom. The SMILES string of the molecule is CCCCCCCC=Cn1cc[n+](CC)c1C.F[B-](F)(F)F. The van der Waals surface area contributed by atoms with E-state index in [4.69, 9.17) is 0 Å². The van der Waals surface area contributed by atoms with Crippen LogP contribution < -0.4 is 4.57 Å². The highest BCUT2D eigenvalue weighted by Gasteiger charge is 2.20. The fourth-order valence-corrected chi connectivity index (χ4v) is 2.06. The number of aryl methyl sites for hydroxylation is 1. The van der Waals surface area contributed by atoms with E-state index < -0.39 is 7.25 Å². The summed E-state index contributed by atoms with van der Waals surface area (Å²) in [6, 6.07) is 0. The Morgan fingerprint density at radius 2 is 1.68 bits per heavy atom. The summed E-state index contributed by atoms with van der Waals surface area (Å²) in [5.74, 6) is 1.30. The molecule has 1 heterocycles. The van der Waals surface area contributed by atoms with Crippen LogP contribution >= 0.6 is 0 Å². The summed E-state index contributed by atoms with van der Waals surface area (Å²) in [5.41, 5.74) is 0. The number of nitrogens with zero attached hydrogens (tertiary/aromatic N) is 2. The molecule has 0 bridgehead atoms. The summed E-state index contributed by atoms with van der Waals surface area (Å²) < 4.78 is 43.5. The zero-order valence-electron chi connectivity index (χ0n) is 13.7. The molecular formula is C15H27BF4N2. The molecule has 22 heavy (non-hydrogen) atoms. The van der Waals surface area contributed by atoms with E-state index >= 15 is 0 Å². The molecule has 2 nitrogen and oxygen atoms in total. The predicted molar refractivity (Wildman–Crippen MR) is 83.9 cm³/mol. The van der Waals surface area contributed by atoms with Crippen LogP contribution in [0.15, 0.2) is 18.5 Å². The maximum absolute atomic E-state index is 9.75. The lowest BCUT2D eigenvalue weighted by Gasteiger charge is -1.96. The number of rotatable bonds is 8. The minimum atomic E-state index is -6.00. The number of hydrogen-bond acceptors (Lipinski definition) is 0. The Kier molecular flexibility index (Phi) is 10.7. The molecule has 128 valence electrons. The molecule has 0 spiro atoms. The Morgan fingerprint density at radius 3 is 2.18 bits per heavy atom. The van der Waals surface area contributed by atoms with Gasteiger partial charge in [0.15, 0.2) is 0 Å². The first-order valence-corrected chi connectivity index (χ1v) is 7.90. The van der Waals surface area contributed by atoms with Gasteiger partial charge in [0.05, 0.1) is 12.7 Å². The van der Waals surface area contributed by atoms with E-state index in [1.165, 1.54) is 44.3 Å². The zero-order valence-corrected chi connectivity index (χ0v) is 13.7. The third-order valence-electron chi connectivity index (χ3n) is 3.28. The summed E-state index contributed by atoms with van der Waals surface area (Å²) in [6.07, 6.45) is 16.8. The minimum absolute atomic E-state index is 1.05. The first-order chi connectivity index (χ1) is 10.3. The van der Waals surface area contributed by atoms with E-state index in [-0.39, 0.29) is 0 Å². The summed E-state index contributed by atoms with van der Waals surface area (Å²) >= 11 is 0. The van der Waals surface area contributed by atoms with Crippen LogP contribution in [0.25, 0.3) is 6.20 Å². The molecule has 0 aliphatic carbocycles. The Labute approximate surface area is 130 Å². The van der Waals surface area contributed by atoms with Crippen molar-refractivity contribution in [2.75, 3.05) is 0 Å². The lowest BCUT2D eigenvalue weighted by atomic mass is 10.1. The summed E-state index contributed by atoms with van der Waals surface area (Å²) in [5, 5.41) is 0. The van der Waals surface area contributed by atoms with E-state index in [2.05, 4.69) is 54.6 Å². The predicted octanol–water partition coefficient (Wildman–Crippen LogP) is 5.24. The first-order valence-electron chi connectivity index (χ1n) is 7.90. The number of imidazole rings is 1. The number of aromatic nitrogens is 2. The van der Waals surface area contributed by atoms with Gasteiger partial charge in [-0.2, -0.15) is 0 Å². The molecule has 0 saturated heterocycles. The van der Waals surface area contributed by atoms with E-state index in [0.717, 1.165) is 6.54 Å². The van der Waals surface area contributed by atoms with Crippen LogP contribution in [0.2, 0.25) is 0 Å². The van der Waals surface area contributed by atoms with Crippen LogP contribution in [-0.2, 0) is 6.54 Å². The van der Waals surface area contributed by atoms with Crippen LogP contribution in [0.1, 0.15) is 58.2 Å².